The van der Waals surface area contributed by atoms with Crippen LogP contribution in [0.5, 0.6) is 0 Å². The van der Waals surface area contributed by atoms with Crippen molar-refractivity contribution in [2.75, 3.05) is 18.0 Å². The molecule has 0 bridgehead atoms. The normalized spacial score (nSPS) is 17.0. The first kappa shape index (κ1) is 17.9. The van der Waals surface area contributed by atoms with Crippen LogP contribution in [0.25, 0.3) is 11.8 Å². The minimum Gasteiger partial charge on any atom is -0.442 e. The number of carbonyl (C=O) groups excluding carboxylic acids is 2. The topological polar surface area (TPSA) is 76.5 Å². The second-order valence-corrected chi connectivity index (χ2v) is 5.94. The Morgan fingerprint density at radius 3 is 3.04 bits per heavy atom. The largest absolute Gasteiger partial charge is 0.442 e. The Kier molecular flexibility index (Phi) is 5.22. The van der Waals surface area contributed by atoms with Crippen LogP contribution in [0.1, 0.15) is 12.6 Å². The molecule has 7 nitrogen and oxygen atoms in total. The van der Waals surface area contributed by atoms with E-state index >= 15 is 0 Å². The van der Waals surface area contributed by atoms with E-state index in [0.717, 1.165) is 0 Å². The Morgan fingerprint density at radius 1 is 1.54 bits per heavy atom. The minimum absolute atomic E-state index is 0.210. The highest BCUT2D eigenvalue weighted by atomic mass is 35.5. The average Bonchev–Trinajstić information content (AvgIpc) is 3.20. The van der Waals surface area contributed by atoms with Gasteiger partial charge in [0.25, 0.3) is 0 Å². The Balaban J connectivity index is 1.76. The predicted octanol–water partition coefficient (Wildman–Crippen LogP) is 2.68. The third-order valence-electron chi connectivity index (χ3n) is 3.81. The molecule has 0 saturated carbocycles. The molecule has 1 aliphatic rings. The number of benzene rings is 1. The van der Waals surface area contributed by atoms with Gasteiger partial charge in [0.05, 0.1) is 36.5 Å². The summed E-state index contributed by atoms with van der Waals surface area (Å²) in [5.41, 5.74) is 2.58. The summed E-state index contributed by atoms with van der Waals surface area (Å²) in [6, 6.07) is 4.43. The van der Waals surface area contributed by atoms with Crippen LogP contribution in [0.2, 0.25) is 0 Å². The summed E-state index contributed by atoms with van der Waals surface area (Å²) in [6.45, 7) is 1.82. The number of ether oxygens (including phenoxy) is 1. The van der Waals surface area contributed by atoms with Gasteiger partial charge in [0.15, 0.2) is 0 Å². The van der Waals surface area contributed by atoms with Crippen molar-refractivity contribution in [2.45, 2.75) is 13.0 Å². The van der Waals surface area contributed by atoms with Crippen LogP contribution >= 0.6 is 11.6 Å². The summed E-state index contributed by atoms with van der Waals surface area (Å²) in [5.74, 6) is -0.724. The van der Waals surface area contributed by atoms with E-state index in [2.05, 4.69) is 10.3 Å². The molecular formula is C17H16ClFN4O3. The SMILES string of the molecule is CC(=O)NC[C@H]1CN(c2ccc(-n3cnc(/C=C/Cl)c3)c(F)c2)C(=O)O1. The van der Waals surface area contributed by atoms with Crippen molar-refractivity contribution in [1.29, 1.82) is 0 Å². The first-order valence-corrected chi connectivity index (χ1v) is 8.25. The van der Waals surface area contributed by atoms with Crippen LogP contribution in [0.4, 0.5) is 14.9 Å². The number of nitrogens with one attached hydrogen (secondary N) is 1. The van der Waals surface area contributed by atoms with Gasteiger partial charge < -0.3 is 14.6 Å². The number of nitrogens with zero attached hydrogens (tertiary/aromatic N) is 3. The lowest BCUT2D eigenvalue weighted by Crippen LogP contribution is -2.33. The van der Waals surface area contributed by atoms with E-state index < -0.39 is 18.0 Å². The summed E-state index contributed by atoms with van der Waals surface area (Å²) in [7, 11) is 0. The lowest BCUT2D eigenvalue weighted by atomic mass is 10.2. The first-order chi connectivity index (χ1) is 12.5. The molecule has 0 spiro atoms. The van der Waals surface area contributed by atoms with Gasteiger partial charge in [-0.05, 0) is 24.3 Å². The Hall–Kier alpha value is -2.87. The number of hydrogen-bond donors (Lipinski definition) is 1. The molecule has 1 atom stereocenters. The summed E-state index contributed by atoms with van der Waals surface area (Å²) in [5, 5.41) is 2.59. The second kappa shape index (κ2) is 7.57. The number of carbonyl (C=O) groups is 2. The second-order valence-electron chi connectivity index (χ2n) is 5.69. The van der Waals surface area contributed by atoms with Crippen LogP contribution in [0.15, 0.2) is 36.3 Å². The molecule has 3 rings (SSSR count). The van der Waals surface area contributed by atoms with Gasteiger partial charge >= 0.3 is 6.09 Å². The van der Waals surface area contributed by atoms with E-state index in [1.54, 1.807) is 24.4 Å². The molecule has 9 heteroatoms. The monoisotopic (exact) mass is 378 g/mol. The van der Waals surface area contributed by atoms with Crippen molar-refractivity contribution in [3.63, 3.8) is 0 Å². The van der Waals surface area contributed by atoms with Crippen molar-refractivity contribution in [3.05, 3.63) is 47.8 Å². The number of anilines is 1. The summed E-state index contributed by atoms with van der Waals surface area (Å²) >= 11 is 5.50. The minimum atomic E-state index is -0.579. The van der Waals surface area contributed by atoms with E-state index in [4.69, 9.17) is 16.3 Å². The third-order valence-corrected chi connectivity index (χ3v) is 3.94. The van der Waals surface area contributed by atoms with Crippen LogP contribution in [-0.4, -0.2) is 40.7 Å². The zero-order valence-electron chi connectivity index (χ0n) is 13.9. The molecule has 2 aromatic rings. The van der Waals surface area contributed by atoms with Crippen molar-refractivity contribution >= 4 is 35.4 Å². The van der Waals surface area contributed by atoms with Crippen LogP contribution in [-0.2, 0) is 9.53 Å². The molecule has 1 aromatic carbocycles. The molecule has 26 heavy (non-hydrogen) atoms. The summed E-state index contributed by atoms with van der Waals surface area (Å²) in [4.78, 5) is 28.4. The maximum absolute atomic E-state index is 14.5. The van der Waals surface area contributed by atoms with Crippen molar-refractivity contribution in [3.8, 4) is 5.69 Å². The van der Waals surface area contributed by atoms with E-state index in [1.165, 1.54) is 34.3 Å². The van der Waals surface area contributed by atoms with E-state index in [1.807, 2.05) is 0 Å². The Morgan fingerprint density at radius 2 is 2.35 bits per heavy atom. The number of rotatable bonds is 5. The number of imidazole rings is 1. The number of hydrogen-bond acceptors (Lipinski definition) is 4. The van der Waals surface area contributed by atoms with Gasteiger partial charge in [-0.1, -0.05) is 11.6 Å². The molecule has 0 unspecified atom stereocenters. The van der Waals surface area contributed by atoms with Gasteiger partial charge in [0.1, 0.15) is 11.9 Å². The fourth-order valence-electron chi connectivity index (χ4n) is 2.59. The summed E-state index contributed by atoms with van der Waals surface area (Å²) in [6.07, 6.45) is 3.62. The third kappa shape index (κ3) is 3.85. The van der Waals surface area contributed by atoms with Crippen LogP contribution in [0.3, 0.4) is 0 Å². The quantitative estimate of drug-likeness (QED) is 0.867. The molecule has 1 N–H and O–H groups in total. The van der Waals surface area contributed by atoms with Gasteiger partial charge in [-0.15, -0.1) is 0 Å². The fraction of sp³-hybridized carbons (Fsp3) is 0.235. The van der Waals surface area contributed by atoms with Crippen molar-refractivity contribution < 1.29 is 18.7 Å². The van der Waals surface area contributed by atoms with Gasteiger partial charge in [0.2, 0.25) is 5.91 Å². The number of cyclic esters (lactones) is 1. The predicted molar refractivity (Wildman–Crippen MR) is 94.7 cm³/mol. The highest BCUT2D eigenvalue weighted by Crippen LogP contribution is 2.25. The standard InChI is InChI=1S/C17H16ClFN4O3/c1-11(24)20-7-14-9-23(17(25)26-14)13-2-3-16(15(19)6-13)22-8-12(4-5-18)21-10-22/h2-6,8,10,14H,7,9H2,1H3,(H,20,24)/b5-4+/t14-/m0/s1. The van der Waals surface area contributed by atoms with Crippen LogP contribution in [0, 0.1) is 5.82 Å². The molecule has 1 saturated heterocycles. The zero-order valence-corrected chi connectivity index (χ0v) is 14.6. The highest BCUT2D eigenvalue weighted by Gasteiger charge is 2.32. The number of aromatic nitrogens is 2. The Labute approximate surface area is 154 Å². The molecule has 1 aliphatic heterocycles. The average molecular weight is 379 g/mol. The Bertz CT molecular complexity index is 867. The fourth-order valence-corrected chi connectivity index (χ4v) is 2.72. The maximum atomic E-state index is 14.5. The first-order valence-electron chi connectivity index (χ1n) is 7.81. The van der Waals surface area contributed by atoms with Gasteiger partial charge in [-0.2, -0.15) is 0 Å². The number of amides is 2. The molecule has 0 radical (unpaired) electrons. The van der Waals surface area contributed by atoms with E-state index in [-0.39, 0.29) is 24.7 Å². The molecule has 2 amide bonds. The van der Waals surface area contributed by atoms with Crippen molar-refractivity contribution in [1.82, 2.24) is 14.9 Å². The molecule has 1 aromatic heterocycles. The van der Waals surface area contributed by atoms with Gasteiger partial charge in [-0.3, -0.25) is 9.69 Å². The molecule has 0 aliphatic carbocycles. The van der Waals surface area contributed by atoms with Gasteiger partial charge in [0, 0.05) is 18.7 Å². The van der Waals surface area contributed by atoms with Crippen molar-refractivity contribution in [2.24, 2.45) is 0 Å². The molecule has 2 heterocycles. The molecule has 136 valence electrons. The zero-order chi connectivity index (χ0) is 18.7. The summed E-state index contributed by atoms with van der Waals surface area (Å²) < 4.78 is 21.2. The highest BCUT2D eigenvalue weighted by molar-refractivity contribution is 6.27. The van der Waals surface area contributed by atoms with E-state index in [9.17, 15) is 14.0 Å². The molecule has 1 fully saturated rings. The van der Waals surface area contributed by atoms with Crippen LogP contribution < -0.4 is 10.2 Å². The maximum Gasteiger partial charge on any atom is 0.414 e. The lowest BCUT2D eigenvalue weighted by Gasteiger charge is -2.14. The molecular weight excluding hydrogens is 363 g/mol. The number of halogens is 2. The van der Waals surface area contributed by atoms with Gasteiger partial charge in [-0.25, -0.2) is 14.2 Å². The lowest BCUT2D eigenvalue weighted by molar-refractivity contribution is -0.119. The van der Waals surface area contributed by atoms with E-state index in [0.29, 0.717) is 11.4 Å². The smallest absolute Gasteiger partial charge is 0.414 e.